The van der Waals surface area contributed by atoms with Gasteiger partial charge < -0.3 is 9.84 Å². The molecule has 0 aromatic heterocycles. The van der Waals surface area contributed by atoms with Crippen molar-refractivity contribution in [2.75, 3.05) is 13.7 Å². The van der Waals surface area contributed by atoms with Gasteiger partial charge in [0.2, 0.25) is 0 Å². The molecule has 2 rings (SSSR count). The van der Waals surface area contributed by atoms with Crippen LogP contribution in [-0.2, 0) is 11.2 Å². The smallest absolute Gasteiger partial charge is 0.338 e. The summed E-state index contributed by atoms with van der Waals surface area (Å²) in [6, 6.07) is 10.1. The largest absolute Gasteiger partial charge is 0.465 e. The van der Waals surface area contributed by atoms with Crippen LogP contribution in [0.25, 0.3) is 11.1 Å². The van der Waals surface area contributed by atoms with Crippen LogP contribution in [-0.4, -0.2) is 24.8 Å². The highest BCUT2D eigenvalue weighted by atomic mass is 19.1. The van der Waals surface area contributed by atoms with E-state index in [9.17, 15) is 9.18 Å². The Morgan fingerprint density at radius 2 is 2.05 bits per heavy atom. The molecule has 0 heterocycles. The molecular weight excluding hydrogens is 271 g/mol. The molecule has 2 aromatic rings. The van der Waals surface area contributed by atoms with Crippen LogP contribution in [0.5, 0.6) is 0 Å². The number of hydrogen-bond acceptors (Lipinski definition) is 3. The van der Waals surface area contributed by atoms with Gasteiger partial charge in [0, 0.05) is 6.61 Å². The summed E-state index contributed by atoms with van der Waals surface area (Å²) in [5.41, 5.74) is 2.81. The van der Waals surface area contributed by atoms with Gasteiger partial charge in [-0.25, -0.2) is 9.18 Å². The minimum absolute atomic E-state index is 0.0737. The number of rotatable bonds is 4. The Morgan fingerprint density at radius 3 is 2.67 bits per heavy atom. The first-order valence-electron chi connectivity index (χ1n) is 6.66. The van der Waals surface area contributed by atoms with E-state index in [0.29, 0.717) is 34.2 Å². The first kappa shape index (κ1) is 15.2. The summed E-state index contributed by atoms with van der Waals surface area (Å²) < 4.78 is 18.6. The average Bonchev–Trinajstić information content (AvgIpc) is 2.49. The van der Waals surface area contributed by atoms with Crippen LogP contribution in [0, 0.1) is 12.7 Å². The molecule has 0 fully saturated rings. The Labute approximate surface area is 123 Å². The first-order chi connectivity index (χ1) is 10.1. The molecular formula is C17H17FO3. The molecule has 1 N–H and O–H groups in total. The normalized spacial score (nSPS) is 10.5. The van der Waals surface area contributed by atoms with E-state index in [0.717, 1.165) is 0 Å². The molecule has 0 spiro atoms. The van der Waals surface area contributed by atoms with Gasteiger partial charge in [0.05, 0.1) is 12.7 Å². The predicted molar refractivity (Wildman–Crippen MR) is 78.7 cm³/mol. The number of aliphatic hydroxyl groups is 1. The van der Waals surface area contributed by atoms with Gasteiger partial charge in [-0.1, -0.05) is 30.3 Å². The zero-order chi connectivity index (χ0) is 15.4. The number of aliphatic hydroxyl groups excluding tert-OH is 1. The van der Waals surface area contributed by atoms with Crippen molar-refractivity contribution in [2.45, 2.75) is 13.3 Å². The summed E-state index contributed by atoms with van der Waals surface area (Å²) in [6.07, 6.45) is 0.340. The number of benzene rings is 2. The lowest BCUT2D eigenvalue weighted by Crippen LogP contribution is -2.09. The van der Waals surface area contributed by atoms with Crippen molar-refractivity contribution in [2.24, 2.45) is 0 Å². The third kappa shape index (κ3) is 3.11. The van der Waals surface area contributed by atoms with Crippen LogP contribution in [0.15, 0.2) is 36.4 Å². The Morgan fingerprint density at radius 1 is 1.29 bits per heavy atom. The Kier molecular flexibility index (Phi) is 4.70. The Bertz CT molecular complexity index is 665. The number of esters is 1. The molecule has 0 bridgehead atoms. The highest BCUT2D eigenvalue weighted by molar-refractivity contribution is 5.98. The lowest BCUT2D eigenvalue weighted by atomic mass is 9.93. The van der Waals surface area contributed by atoms with E-state index in [1.165, 1.54) is 13.2 Å². The second-order valence-electron chi connectivity index (χ2n) is 4.77. The second-order valence-corrected chi connectivity index (χ2v) is 4.77. The summed E-state index contributed by atoms with van der Waals surface area (Å²) in [5, 5.41) is 9.13. The van der Waals surface area contributed by atoms with Gasteiger partial charge in [0.15, 0.2) is 0 Å². The topological polar surface area (TPSA) is 46.5 Å². The van der Waals surface area contributed by atoms with E-state index < -0.39 is 5.97 Å². The van der Waals surface area contributed by atoms with Gasteiger partial charge >= 0.3 is 5.97 Å². The maximum absolute atomic E-state index is 13.8. The van der Waals surface area contributed by atoms with Gasteiger partial charge in [0.25, 0.3) is 0 Å². The number of hydrogen-bond donors (Lipinski definition) is 1. The molecule has 4 heteroatoms. The van der Waals surface area contributed by atoms with E-state index in [4.69, 9.17) is 9.84 Å². The van der Waals surface area contributed by atoms with E-state index in [1.54, 1.807) is 37.3 Å². The molecule has 3 nitrogen and oxygen atoms in total. The molecule has 21 heavy (non-hydrogen) atoms. The van der Waals surface area contributed by atoms with E-state index in [-0.39, 0.29) is 12.4 Å². The van der Waals surface area contributed by atoms with E-state index in [2.05, 4.69) is 0 Å². The standard InChI is InChI=1S/C17H17FO3/c1-11-6-7-13(10-15(11)18)14-5-3-4-12(8-9-19)16(14)17(20)21-2/h3-7,10,19H,8-9H2,1-2H3. The number of carbonyl (C=O) groups is 1. The third-order valence-corrected chi connectivity index (χ3v) is 3.40. The maximum atomic E-state index is 13.8. The zero-order valence-electron chi connectivity index (χ0n) is 12.0. The van der Waals surface area contributed by atoms with Crippen LogP contribution in [0.1, 0.15) is 21.5 Å². The van der Waals surface area contributed by atoms with E-state index in [1.807, 2.05) is 0 Å². The molecule has 0 aliphatic rings. The van der Waals surface area contributed by atoms with Crippen molar-refractivity contribution in [3.8, 4) is 11.1 Å². The number of aryl methyl sites for hydroxylation is 1. The Hall–Kier alpha value is -2.20. The van der Waals surface area contributed by atoms with Crippen molar-refractivity contribution in [1.29, 1.82) is 0 Å². The number of methoxy groups -OCH3 is 1. The van der Waals surface area contributed by atoms with Crippen LogP contribution < -0.4 is 0 Å². The average molecular weight is 288 g/mol. The van der Waals surface area contributed by atoms with Gasteiger partial charge in [-0.2, -0.15) is 0 Å². The molecule has 0 saturated heterocycles. The summed E-state index contributed by atoms with van der Waals surface area (Å²) in [4.78, 5) is 12.1. The number of halogens is 1. The van der Waals surface area contributed by atoms with Crippen LogP contribution in [0.2, 0.25) is 0 Å². The molecule has 0 atom stereocenters. The summed E-state index contributed by atoms with van der Waals surface area (Å²) in [5.74, 6) is -0.814. The third-order valence-electron chi connectivity index (χ3n) is 3.40. The first-order valence-corrected chi connectivity index (χ1v) is 6.66. The van der Waals surface area contributed by atoms with Crippen molar-refractivity contribution in [3.63, 3.8) is 0 Å². The van der Waals surface area contributed by atoms with Gasteiger partial charge in [-0.15, -0.1) is 0 Å². The molecule has 0 saturated carbocycles. The quantitative estimate of drug-likeness (QED) is 0.879. The minimum Gasteiger partial charge on any atom is -0.465 e. The van der Waals surface area contributed by atoms with Crippen molar-refractivity contribution in [1.82, 2.24) is 0 Å². The molecule has 2 aromatic carbocycles. The van der Waals surface area contributed by atoms with Crippen LogP contribution in [0.4, 0.5) is 4.39 Å². The van der Waals surface area contributed by atoms with Crippen molar-refractivity contribution >= 4 is 5.97 Å². The fraction of sp³-hybridized carbons (Fsp3) is 0.235. The summed E-state index contributed by atoms with van der Waals surface area (Å²) in [6.45, 7) is 1.61. The van der Waals surface area contributed by atoms with E-state index >= 15 is 0 Å². The van der Waals surface area contributed by atoms with Gasteiger partial charge in [0.1, 0.15) is 5.82 Å². The number of ether oxygens (including phenoxy) is 1. The molecule has 0 aliphatic carbocycles. The van der Waals surface area contributed by atoms with Crippen molar-refractivity contribution < 1.29 is 19.0 Å². The SMILES string of the molecule is COC(=O)c1c(CCO)cccc1-c1ccc(C)c(F)c1. The van der Waals surface area contributed by atoms with Crippen molar-refractivity contribution in [3.05, 3.63) is 58.9 Å². The highest BCUT2D eigenvalue weighted by Crippen LogP contribution is 2.28. The van der Waals surface area contributed by atoms with Crippen LogP contribution in [0.3, 0.4) is 0 Å². The fourth-order valence-corrected chi connectivity index (χ4v) is 2.27. The molecule has 0 aliphatic heterocycles. The maximum Gasteiger partial charge on any atom is 0.338 e. The minimum atomic E-state index is -0.491. The number of carbonyl (C=O) groups excluding carboxylic acids is 1. The molecule has 0 unspecified atom stereocenters. The summed E-state index contributed by atoms with van der Waals surface area (Å²) >= 11 is 0. The molecule has 0 radical (unpaired) electrons. The zero-order valence-corrected chi connectivity index (χ0v) is 12.0. The Balaban J connectivity index is 2.64. The lowest BCUT2D eigenvalue weighted by molar-refractivity contribution is 0.0600. The highest BCUT2D eigenvalue weighted by Gasteiger charge is 2.18. The second kappa shape index (κ2) is 6.50. The summed E-state index contributed by atoms with van der Waals surface area (Å²) in [7, 11) is 1.30. The fourth-order valence-electron chi connectivity index (χ4n) is 2.27. The van der Waals surface area contributed by atoms with Gasteiger partial charge in [-0.05, 0) is 41.7 Å². The monoisotopic (exact) mass is 288 g/mol. The predicted octanol–water partition coefficient (Wildman–Crippen LogP) is 3.12. The van der Waals surface area contributed by atoms with Crippen LogP contribution >= 0.6 is 0 Å². The lowest BCUT2D eigenvalue weighted by Gasteiger charge is -2.13. The molecule has 0 amide bonds. The molecule has 110 valence electrons. The van der Waals surface area contributed by atoms with Gasteiger partial charge in [-0.3, -0.25) is 0 Å².